The van der Waals surface area contributed by atoms with Gasteiger partial charge in [-0.3, -0.25) is 0 Å². The lowest BCUT2D eigenvalue weighted by Gasteiger charge is -2.13. The molecule has 5 heteroatoms. The van der Waals surface area contributed by atoms with E-state index in [9.17, 15) is 5.26 Å². The number of nitriles is 1. The molecule has 0 amide bonds. The highest BCUT2D eigenvalue weighted by atomic mass is 16.5. The van der Waals surface area contributed by atoms with Gasteiger partial charge in [-0.2, -0.15) is 10.2 Å². The molecule has 0 spiro atoms. The molecule has 1 aliphatic rings. The van der Waals surface area contributed by atoms with E-state index in [0.29, 0.717) is 23.3 Å². The first-order valence-corrected chi connectivity index (χ1v) is 9.41. The summed E-state index contributed by atoms with van der Waals surface area (Å²) in [7, 11) is 0. The second-order valence-corrected chi connectivity index (χ2v) is 6.98. The van der Waals surface area contributed by atoms with Crippen LogP contribution < -0.4 is 5.32 Å². The Kier molecular flexibility index (Phi) is 4.74. The first-order chi connectivity index (χ1) is 13.2. The van der Waals surface area contributed by atoms with Gasteiger partial charge in [0.2, 0.25) is 5.82 Å². The first-order valence-electron chi connectivity index (χ1n) is 9.41. The van der Waals surface area contributed by atoms with Crippen LogP contribution >= 0.6 is 0 Å². The largest absolute Gasteiger partial charge is 0.334 e. The maximum Gasteiger partial charge on any atom is 0.258 e. The SMILES string of the molecule is CCCNC1CCc2c(-c3noc(-c4ccc(C)c(C#N)c4)n3)cccc21. The van der Waals surface area contributed by atoms with Crippen LogP contribution in [0.2, 0.25) is 0 Å². The molecule has 27 heavy (non-hydrogen) atoms. The van der Waals surface area contributed by atoms with Crippen LogP contribution in [-0.2, 0) is 6.42 Å². The predicted octanol–water partition coefficient (Wildman–Crippen LogP) is 4.57. The maximum atomic E-state index is 9.24. The summed E-state index contributed by atoms with van der Waals surface area (Å²) in [5.41, 5.74) is 6.02. The summed E-state index contributed by atoms with van der Waals surface area (Å²) in [5, 5.41) is 17.1. The second-order valence-electron chi connectivity index (χ2n) is 6.98. The fourth-order valence-corrected chi connectivity index (χ4v) is 3.72. The zero-order chi connectivity index (χ0) is 18.8. The molecule has 136 valence electrons. The Morgan fingerprint density at radius 2 is 2.19 bits per heavy atom. The Balaban J connectivity index is 1.67. The van der Waals surface area contributed by atoms with Crippen LogP contribution in [0.15, 0.2) is 40.9 Å². The molecule has 5 nitrogen and oxygen atoms in total. The summed E-state index contributed by atoms with van der Waals surface area (Å²) in [6.45, 7) is 5.12. The Morgan fingerprint density at radius 3 is 3.00 bits per heavy atom. The van der Waals surface area contributed by atoms with Gasteiger partial charge in [0.15, 0.2) is 0 Å². The van der Waals surface area contributed by atoms with E-state index in [1.807, 2.05) is 19.1 Å². The molecule has 1 heterocycles. The maximum absolute atomic E-state index is 9.24. The number of nitrogens with one attached hydrogen (secondary N) is 1. The molecule has 1 aliphatic carbocycles. The third-order valence-electron chi connectivity index (χ3n) is 5.18. The third-order valence-corrected chi connectivity index (χ3v) is 5.18. The highest BCUT2D eigenvalue weighted by Gasteiger charge is 2.26. The Labute approximate surface area is 159 Å². The van der Waals surface area contributed by atoms with Gasteiger partial charge in [0.1, 0.15) is 0 Å². The molecule has 1 aromatic heterocycles. The average molecular weight is 358 g/mol. The summed E-state index contributed by atoms with van der Waals surface area (Å²) in [5.74, 6) is 1.05. The number of nitrogens with zero attached hydrogens (tertiary/aromatic N) is 3. The quantitative estimate of drug-likeness (QED) is 0.723. The zero-order valence-corrected chi connectivity index (χ0v) is 15.6. The molecule has 4 rings (SSSR count). The lowest BCUT2D eigenvalue weighted by molar-refractivity contribution is 0.432. The fraction of sp³-hybridized carbons (Fsp3) is 0.318. The highest BCUT2D eigenvalue weighted by Crippen LogP contribution is 2.37. The van der Waals surface area contributed by atoms with Crippen molar-refractivity contribution in [1.29, 1.82) is 5.26 Å². The summed E-state index contributed by atoms with van der Waals surface area (Å²) >= 11 is 0. The van der Waals surface area contributed by atoms with Gasteiger partial charge in [-0.15, -0.1) is 0 Å². The van der Waals surface area contributed by atoms with Gasteiger partial charge in [-0.1, -0.05) is 36.3 Å². The Morgan fingerprint density at radius 1 is 1.30 bits per heavy atom. The van der Waals surface area contributed by atoms with Crippen LogP contribution in [0, 0.1) is 18.3 Å². The lowest BCUT2D eigenvalue weighted by Crippen LogP contribution is -2.19. The summed E-state index contributed by atoms with van der Waals surface area (Å²) < 4.78 is 5.51. The topological polar surface area (TPSA) is 74.7 Å². The summed E-state index contributed by atoms with van der Waals surface area (Å²) in [4.78, 5) is 4.61. The molecular weight excluding hydrogens is 336 g/mol. The minimum atomic E-state index is 0.404. The van der Waals surface area contributed by atoms with E-state index in [1.165, 1.54) is 11.1 Å². The van der Waals surface area contributed by atoms with E-state index in [0.717, 1.165) is 42.5 Å². The number of benzene rings is 2. The van der Waals surface area contributed by atoms with Crippen molar-refractivity contribution in [2.24, 2.45) is 0 Å². The molecule has 0 fully saturated rings. The number of fused-ring (bicyclic) bond motifs is 1. The third kappa shape index (κ3) is 3.24. The summed E-state index contributed by atoms with van der Waals surface area (Å²) in [6.07, 6.45) is 3.24. The van der Waals surface area contributed by atoms with Gasteiger partial charge >= 0.3 is 0 Å². The molecule has 0 saturated heterocycles. The molecule has 3 aromatic rings. The number of hydrogen-bond donors (Lipinski definition) is 1. The molecule has 0 saturated carbocycles. The number of aromatic nitrogens is 2. The van der Waals surface area contributed by atoms with E-state index < -0.39 is 0 Å². The van der Waals surface area contributed by atoms with Crippen LogP contribution in [-0.4, -0.2) is 16.7 Å². The van der Waals surface area contributed by atoms with Crippen molar-refractivity contribution < 1.29 is 4.52 Å². The standard InChI is InChI=1S/C22H22N4O/c1-3-11-24-20-10-9-17-18(20)5-4-6-19(17)21-25-22(27-26-21)15-8-7-14(2)16(12-15)13-23/h4-8,12,20,24H,3,9-11H2,1-2H3. The Bertz CT molecular complexity index is 1020. The van der Waals surface area contributed by atoms with Gasteiger partial charge < -0.3 is 9.84 Å². The van der Waals surface area contributed by atoms with E-state index in [2.05, 4.69) is 46.6 Å². The average Bonchev–Trinajstić information content (AvgIpc) is 3.34. The fourth-order valence-electron chi connectivity index (χ4n) is 3.72. The van der Waals surface area contributed by atoms with E-state index in [-0.39, 0.29) is 0 Å². The van der Waals surface area contributed by atoms with Crippen molar-refractivity contribution in [1.82, 2.24) is 15.5 Å². The van der Waals surface area contributed by atoms with E-state index >= 15 is 0 Å². The predicted molar refractivity (Wildman–Crippen MR) is 104 cm³/mol. The van der Waals surface area contributed by atoms with Gasteiger partial charge in [-0.05, 0) is 61.6 Å². The van der Waals surface area contributed by atoms with Crippen LogP contribution in [0.4, 0.5) is 0 Å². The lowest BCUT2D eigenvalue weighted by atomic mass is 10.0. The number of hydrogen-bond acceptors (Lipinski definition) is 5. The molecule has 1 unspecified atom stereocenters. The van der Waals surface area contributed by atoms with Crippen LogP contribution in [0.25, 0.3) is 22.8 Å². The molecule has 2 aromatic carbocycles. The van der Waals surface area contributed by atoms with Gasteiger partial charge in [-0.25, -0.2) is 0 Å². The zero-order valence-electron chi connectivity index (χ0n) is 15.6. The summed E-state index contributed by atoms with van der Waals surface area (Å²) in [6, 6.07) is 14.5. The van der Waals surface area contributed by atoms with Crippen molar-refractivity contribution in [3.05, 3.63) is 58.7 Å². The van der Waals surface area contributed by atoms with Crippen molar-refractivity contribution in [3.63, 3.8) is 0 Å². The number of aryl methyl sites for hydroxylation is 1. The number of rotatable bonds is 5. The van der Waals surface area contributed by atoms with Crippen molar-refractivity contribution in [3.8, 4) is 28.9 Å². The van der Waals surface area contributed by atoms with Crippen LogP contribution in [0.3, 0.4) is 0 Å². The monoisotopic (exact) mass is 358 g/mol. The van der Waals surface area contributed by atoms with E-state index in [1.54, 1.807) is 6.07 Å². The molecule has 1 N–H and O–H groups in total. The Hall–Kier alpha value is -2.97. The highest BCUT2D eigenvalue weighted by molar-refractivity contribution is 5.66. The van der Waals surface area contributed by atoms with Gasteiger partial charge in [0.05, 0.1) is 11.6 Å². The molecular formula is C22H22N4O. The first kappa shape index (κ1) is 17.4. The molecule has 0 aliphatic heterocycles. The molecule has 0 radical (unpaired) electrons. The minimum absolute atomic E-state index is 0.404. The minimum Gasteiger partial charge on any atom is -0.334 e. The van der Waals surface area contributed by atoms with Crippen molar-refractivity contribution in [2.75, 3.05) is 6.54 Å². The van der Waals surface area contributed by atoms with Crippen molar-refractivity contribution in [2.45, 2.75) is 39.2 Å². The second kappa shape index (κ2) is 7.34. The molecule has 1 atom stereocenters. The van der Waals surface area contributed by atoms with Gasteiger partial charge in [0, 0.05) is 17.2 Å². The van der Waals surface area contributed by atoms with E-state index in [4.69, 9.17) is 4.52 Å². The van der Waals surface area contributed by atoms with Gasteiger partial charge in [0.25, 0.3) is 5.89 Å². The van der Waals surface area contributed by atoms with Crippen LogP contribution in [0.1, 0.15) is 48.1 Å². The van der Waals surface area contributed by atoms with Crippen LogP contribution in [0.5, 0.6) is 0 Å². The normalized spacial score (nSPS) is 15.5. The smallest absolute Gasteiger partial charge is 0.258 e. The van der Waals surface area contributed by atoms with Crippen molar-refractivity contribution >= 4 is 0 Å². The molecule has 0 bridgehead atoms.